The Kier molecular flexibility index (Phi) is 3.77. The monoisotopic (exact) mass is 289 g/mol. The van der Waals surface area contributed by atoms with Crippen LogP contribution in [0.4, 0.5) is 5.69 Å². The molecule has 0 saturated carbocycles. The molecule has 0 aromatic heterocycles. The maximum absolute atomic E-state index is 12.5. The Hall–Kier alpha value is -2.33. The Balaban J connectivity index is 2.60. The van der Waals surface area contributed by atoms with Crippen LogP contribution in [0.25, 0.3) is 0 Å². The largest absolute Gasteiger partial charge is 0.478 e. The second-order valence-corrected chi connectivity index (χ2v) is 4.74. The van der Waals surface area contributed by atoms with Crippen molar-refractivity contribution >= 4 is 29.0 Å². The average molecular weight is 290 g/mol. The average Bonchev–Trinajstić information content (AvgIpc) is 2.38. The second kappa shape index (κ2) is 5.35. The summed E-state index contributed by atoms with van der Waals surface area (Å²) in [6.07, 6.45) is 0. The fourth-order valence-electron chi connectivity index (χ4n) is 1.98. The van der Waals surface area contributed by atoms with Gasteiger partial charge in [0.2, 0.25) is 0 Å². The van der Waals surface area contributed by atoms with Crippen LogP contribution in [0.1, 0.15) is 31.8 Å². The molecule has 0 radical (unpaired) electrons. The molecule has 102 valence electrons. The van der Waals surface area contributed by atoms with Crippen molar-refractivity contribution in [3.05, 3.63) is 63.7 Å². The van der Waals surface area contributed by atoms with Gasteiger partial charge < -0.3 is 10.8 Å². The molecule has 0 unspecified atom stereocenters. The number of benzene rings is 2. The molecule has 0 atom stereocenters. The molecule has 0 bridgehead atoms. The van der Waals surface area contributed by atoms with Crippen molar-refractivity contribution in [1.82, 2.24) is 0 Å². The van der Waals surface area contributed by atoms with E-state index in [1.807, 2.05) is 6.07 Å². The number of ketones is 1. The number of hydrogen-bond donors (Lipinski definition) is 2. The molecule has 0 aliphatic carbocycles. The van der Waals surface area contributed by atoms with Crippen LogP contribution in [-0.2, 0) is 0 Å². The van der Waals surface area contributed by atoms with Gasteiger partial charge >= 0.3 is 5.97 Å². The molecule has 2 aromatic carbocycles. The number of carboxylic acids is 1. The summed E-state index contributed by atoms with van der Waals surface area (Å²) < 4.78 is 0. The highest BCUT2D eigenvalue weighted by Crippen LogP contribution is 2.28. The van der Waals surface area contributed by atoms with Crippen molar-refractivity contribution in [2.24, 2.45) is 0 Å². The summed E-state index contributed by atoms with van der Waals surface area (Å²) in [5.41, 5.74) is 6.85. The summed E-state index contributed by atoms with van der Waals surface area (Å²) in [6, 6.07) is 9.85. The van der Waals surface area contributed by atoms with E-state index in [0.717, 1.165) is 5.56 Å². The number of anilines is 1. The van der Waals surface area contributed by atoms with E-state index in [4.69, 9.17) is 22.4 Å². The lowest BCUT2D eigenvalue weighted by Gasteiger charge is -2.10. The third-order valence-electron chi connectivity index (χ3n) is 3.04. The molecular weight excluding hydrogens is 278 g/mol. The van der Waals surface area contributed by atoms with Crippen molar-refractivity contribution in [2.45, 2.75) is 6.92 Å². The lowest BCUT2D eigenvalue weighted by molar-refractivity contribution is 0.0698. The highest BCUT2D eigenvalue weighted by atomic mass is 35.5. The normalized spacial score (nSPS) is 10.3. The van der Waals surface area contributed by atoms with Crippen molar-refractivity contribution < 1.29 is 14.7 Å². The van der Waals surface area contributed by atoms with E-state index in [1.54, 1.807) is 25.1 Å². The maximum Gasteiger partial charge on any atom is 0.339 e. The number of carboxylic acid groups (broad SMARTS) is 1. The zero-order valence-corrected chi connectivity index (χ0v) is 11.4. The predicted octanol–water partition coefficient (Wildman–Crippen LogP) is 3.16. The Morgan fingerprint density at radius 2 is 1.75 bits per heavy atom. The molecule has 2 rings (SSSR count). The molecule has 0 saturated heterocycles. The Morgan fingerprint density at radius 3 is 2.35 bits per heavy atom. The van der Waals surface area contributed by atoms with Gasteiger partial charge in [-0.05, 0) is 24.6 Å². The van der Waals surface area contributed by atoms with E-state index in [1.165, 1.54) is 12.1 Å². The predicted molar refractivity (Wildman–Crippen MR) is 77.4 cm³/mol. The van der Waals surface area contributed by atoms with Gasteiger partial charge in [-0.25, -0.2) is 4.79 Å². The topological polar surface area (TPSA) is 80.4 Å². The van der Waals surface area contributed by atoms with Gasteiger partial charge in [-0.15, -0.1) is 0 Å². The quantitative estimate of drug-likeness (QED) is 0.672. The van der Waals surface area contributed by atoms with Gasteiger partial charge in [0.15, 0.2) is 5.78 Å². The van der Waals surface area contributed by atoms with Gasteiger partial charge in [0, 0.05) is 11.1 Å². The van der Waals surface area contributed by atoms with Gasteiger partial charge in [0.25, 0.3) is 0 Å². The van der Waals surface area contributed by atoms with Crippen molar-refractivity contribution in [1.29, 1.82) is 0 Å². The minimum Gasteiger partial charge on any atom is -0.478 e. The summed E-state index contributed by atoms with van der Waals surface area (Å²) in [4.78, 5) is 23.6. The van der Waals surface area contributed by atoms with Gasteiger partial charge in [0.1, 0.15) is 5.56 Å². The second-order valence-electron chi connectivity index (χ2n) is 4.33. The van der Waals surface area contributed by atoms with E-state index >= 15 is 0 Å². The number of carbonyl (C=O) groups excluding carboxylic acids is 1. The minimum absolute atomic E-state index is 0.0105. The van der Waals surface area contributed by atoms with Crippen LogP contribution in [0.15, 0.2) is 36.4 Å². The highest BCUT2D eigenvalue weighted by molar-refractivity contribution is 6.34. The number of nitrogens with two attached hydrogens (primary N) is 1. The van der Waals surface area contributed by atoms with E-state index in [0.29, 0.717) is 5.56 Å². The Bertz CT molecular complexity index is 710. The summed E-state index contributed by atoms with van der Waals surface area (Å²) in [6.45, 7) is 1.80. The van der Waals surface area contributed by atoms with Crippen LogP contribution in [0.3, 0.4) is 0 Å². The first-order valence-corrected chi connectivity index (χ1v) is 6.23. The molecule has 0 aliphatic heterocycles. The van der Waals surface area contributed by atoms with Crippen molar-refractivity contribution in [2.75, 3.05) is 5.73 Å². The first kappa shape index (κ1) is 14.1. The smallest absolute Gasteiger partial charge is 0.339 e. The number of rotatable bonds is 3. The SMILES string of the molecule is Cc1ccccc1C(=O)c1ccc(Cl)c(C(=O)O)c1N. The van der Waals surface area contributed by atoms with Crippen LogP contribution >= 0.6 is 11.6 Å². The molecular formula is C15H12ClNO3. The van der Waals surface area contributed by atoms with E-state index in [9.17, 15) is 9.59 Å². The molecule has 4 nitrogen and oxygen atoms in total. The summed E-state index contributed by atoms with van der Waals surface area (Å²) in [7, 11) is 0. The lowest BCUT2D eigenvalue weighted by atomic mass is 9.96. The molecule has 2 aromatic rings. The molecule has 0 heterocycles. The number of hydrogen-bond acceptors (Lipinski definition) is 3. The first-order chi connectivity index (χ1) is 9.43. The fourth-order valence-corrected chi connectivity index (χ4v) is 2.23. The number of halogens is 1. The molecule has 0 aliphatic rings. The third kappa shape index (κ3) is 2.38. The first-order valence-electron chi connectivity index (χ1n) is 5.85. The maximum atomic E-state index is 12.5. The highest BCUT2D eigenvalue weighted by Gasteiger charge is 2.21. The van der Waals surface area contributed by atoms with Crippen molar-refractivity contribution in [3.63, 3.8) is 0 Å². The number of nitrogen functional groups attached to an aromatic ring is 1. The van der Waals surface area contributed by atoms with Crippen LogP contribution in [-0.4, -0.2) is 16.9 Å². The fraction of sp³-hybridized carbons (Fsp3) is 0.0667. The number of carbonyl (C=O) groups is 2. The van der Waals surface area contributed by atoms with Crippen LogP contribution < -0.4 is 5.73 Å². The van der Waals surface area contributed by atoms with Gasteiger partial charge in [0.05, 0.1) is 10.7 Å². The van der Waals surface area contributed by atoms with E-state index in [-0.39, 0.29) is 27.6 Å². The lowest BCUT2D eigenvalue weighted by Crippen LogP contribution is -2.12. The molecule has 0 fully saturated rings. The van der Waals surface area contributed by atoms with Gasteiger partial charge in [-0.2, -0.15) is 0 Å². The zero-order valence-electron chi connectivity index (χ0n) is 10.7. The number of aryl methyl sites for hydroxylation is 1. The minimum atomic E-state index is -1.26. The molecule has 0 amide bonds. The Morgan fingerprint density at radius 1 is 1.10 bits per heavy atom. The van der Waals surface area contributed by atoms with Crippen LogP contribution in [0.5, 0.6) is 0 Å². The molecule has 3 N–H and O–H groups in total. The van der Waals surface area contributed by atoms with Crippen molar-refractivity contribution in [3.8, 4) is 0 Å². The standard InChI is InChI=1S/C15H12ClNO3/c1-8-4-2-3-5-9(8)14(18)10-6-7-11(16)12(13(10)17)15(19)20/h2-7H,17H2,1H3,(H,19,20). The molecule has 5 heteroatoms. The number of aromatic carboxylic acids is 1. The zero-order chi connectivity index (χ0) is 14.9. The van der Waals surface area contributed by atoms with Gasteiger partial charge in [-0.1, -0.05) is 35.9 Å². The molecule has 0 spiro atoms. The third-order valence-corrected chi connectivity index (χ3v) is 3.36. The van der Waals surface area contributed by atoms with Gasteiger partial charge in [-0.3, -0.25) is 4.79 Å². The summed E-state index contributed by atoms with van der Waals surface area (Å²) in [5.74, 6) is -1.58. The van der Waals surface area contributed by atoms with E-state index < -0.39 is 5.97 Å². The Labute approximate surface area is 120 Å². The van der Waals surface area contributed by atoms with Crippen LogP contribution in [0.2, 0.25) is 5.02 Å². The van der Waals surface area contributed by atoms with Crippen LogP contribution in [0, 0.1) is 6.92 Å². The summed E-state index contributed by atoms with van der Waals surface area (Å²) in [5, 5.41) is 9.11. The van der Waals surface area contributed by atoms with E-state index in [2.05, 4.69) is 0 Å². The molecule has 20 heavy (non-hydrogen) atoms. The summed E-state index contributed by atoms with van der Waals surface area (Å²) >= 11 is 5.81.